The van der Waals surface area contributed by atoms with Gasteiger partial charge in [0.2, 0.25) is 0 Å². The second-order valence-corrected chi connectivity index (χ2v) is 42.5. The molecule has 2 nitrogen and oxygen atoms in total. The number of carbonyl (C=O) groups excluding carboxylic acids is 2. The Labute approximate surface area is 875 Å². The second-order valence-electron chi connectivity index (χ2n) is 42.5. The molecule has 146 heavy (non-hydrogen) atoms. The smallest absolute Gasteiger partial charge is 0.289 e. The van der Waals surface area contributed by atoms with Gasteiger partial charge in [-0.2, -0.15) is 17.6 Å². The van der Waals surface area contributed by atoms with Crippen LogP contribution in [0.4, 0.5) is 17.6 Å². The van der Waals surface area contributed by atoms with Crippen LogP contribution < -0.4 is 0 Å². The topological polar surface area (TPSA) is 34.1 Å². The number of alkyl halides is 4. The van der Waals surface area contributed by atoms with Crippen LogP contribution in [0, 0.1) is 222 Å². The van der Waals surface area contributed by atoms with Gasteiger partial charge in [-0.1, -0.05) is 282 Å². The average molecular weight is 1950 g/mol. The Kier molecular flexibility index (Phi) is 40.3. The van der Waals surface area contributed by atoms with E-state index in [1.165, 1.54) is 174 Å². The number of hydrogen-bond acceptors (Lipinski definition) is 2. The molecule has 0 bridgehead atoms. The van der Waals surface area contributed by atoms with E-state index in [0.717, 1.165) is 102 Å². The van der Waals surface area contributed by atoms with Crippen molar-refractivity contribution in [3.63, 3.8) is 0 Å². The fourth-order valence-corrected chi connectivity index (χ4v) is 17.5. The highest BCUT2D eigenvalue weighted by Gasteiger charge is 2.37. The van der Waals surface area contributed by atoms with Crippen molar-refractivity contribution in [2.75, 3.05) is 0 Å². The number of ketones is 2. The summed E-state index contributed by atoms with van der Waals surface area (Å²) in [4.78, 5) is 24.9. The normalized spacial score (nSPS) is 11.1. The van der Waals surface area contributed by atoms with Crippen LogP contribution in [0.1, 0.15) is 304 Å². The standard InChI is InChI=1S/2C19H24.2C17H18F2.2C17H18O.2C17H20/c1-13-7-9-17(11-15(13)3)19(5,6)18-10-8-14(2)16(4)12-18;1-13-10-11-17(12-15(13)3)19(5,6)18-9-7-8-14(2)16(18)4;1-11-5-7-15(9-13(11)3)17(18,19)16-8-6-12(2)14(4)10-16;1-11-8-9-15(10-13(11)3)17(18,19)16-7-5-6-12(2)14(16)4;1-11-5-7-15(9-13(11)3)17(18)16-8-6-12(2)14(4)10-16;1-11-8-9-15(10-13(11)3)17(18)16-7-5-6-12(2)14(16)4;1-12-5-7-16(9-14(12)3)11-17-8-6-13(2)15(4)10-17;1-12-8-9-16(10-14(12)3)11-17-7-5-6-13(2)15(17)4/h2*7-12H,1-6H3;2*5-10H,1-4H3;2*5-10H,1-4H3;2*5-10H,11H2,1-4H3. The monoisotopic (exact) mass is 1950 g/mol. The predicted molar refractivity (Wildman–Crippen MR) is 617 cm³/mol. The number of hydrogen-bond donors (Lipinski definition) is 0. The lowest BCUT2D eigenvalue weighted by Gasteiger charge is -2.29. The van der Waals surface area contributed by atoms with Gasteiger partial charge in [-0.05, 0) is 493 Å². The molecule has 16 aromatic carbocycles. The molecule has 0 aliphatic rings. The lowest BCUT2D eigenvalue weighted by Crippen LogP contribution is -2.21. The molecule has 0 atom stereocenters. The molecule has 16 aromatic rings. The molecule has 0 unspecified atom stereocenters. The van der Waals surface area contributed by atoms with E-state index < -0.39 is 11.8 Å². The van der Waals surface area contributed by atoms with Gasteiger partial charge in [-0.25, -0.2) is 0 Å². The zero-order valence-corrected chi connectivity index (χ0v) is 94.5. The Morgan fingerprint density at radius 2 is 0.418 bits per heavy atom. The number of halogens is 4. The summed E-state index contributed by atoms with van der Waals surface area (Å²) >= 11 is 0. The molecule has 760 valence electrons. The first-order valence-corrected chi connectivity index (χ1v) is 51.4. The van der Waals surface area contributed by atoms with E-state index in [2.05, 4.69) is 305 Å². The zero-order valence-electron chi connectivity index (χ0n) is 94.5. The highest BCUT2D eigenvalue weighted by atomic mass is 19.3. The van der Waals surface area contributed by atoms with Crippen molar-refractivity contribution in [3.8, 4) is 0 Å². The van der Waals surface area contributed by atoms with Gasteiger partial charge in [-0.15, -0.1) is 0 Å². The van der Waals surface area contributed by atoms with Gasteiger partial charge in [0, 0.05) is 55.3 Å². The van der Waals surface area contributed by atoms with E-state index >= 15 is 0 Å². The SMILES string of the molecule is Cc1ccc(C(=O)c2ccc(C)c(C)c2)cc1C.Cc1ccc(C(=O)c2cccc(C)c2C)cc1C.Cc1ccc(C(C)(C)c2ccc(C)c(C)c2)cc1C.Cc1ccc(C(C)(C)c2cccc(C)c2C)cc1C.Cc1ccc(C(F)(F)c2ccc(C)c(C)c2)cc1C.Cc1ccc(C(F)(F)c2cccc(C)c2C)cc1C.Cc1ccc(Cc2ccc(C)c(C)c2)cc1C.Cc1ccc(Cc2cccc(C)c2C)cc1C. The Balaban J connectivity index is 0.000000186. The van der Waals surface area contributed by atoms with E-state index in [4.69, 9.17) is 0 Å². The van der Waals surface area contributed by atoms with Crippen molar-refractivity contribution in [1.82, 2.24) is 0 Å². The van der Waals surface area contributed by atoms with Gasteiger partial charge in [0.25, 0.3) is 11.8 Å². The maximum Gasteiger partial charge on any atom is 0.298 e. The van der Waals surface area contributed by atoms with Crippen LogP contribution in [0.3, 0.4) is 0 Å². The first kappa shape index (κ1) is 116. The molecule has 6 heteroatoms. The molecule has 0 aliphatic carbocycles. The Hall–Kier alpha value is -13.4. The molecule has 0 heterocycles. The molecule has 0 spiro atoms. The van der Waals surface area contributed by atoms with E-state index in [0.29, 0.717) is 5.56 Å². The van der Waals surface area contributed by atoms with Crippen LogP contribution in [0.15, 0.2) is 291 Å². The third-order valence-corrected chi connectivity index (χ3v) is 30.9. The van der Waals surface area contributed by atoms with Crippen molar-refractivity contribution in [2.45, 2.75) is 285 Å². The van der Waals surface area contributed by atoms with Crippen molar-refractivity contribution < 1.29 is 27.2 Å². The number of benzene rings is 16. The molecule has 0 amide bonds. The van der Waals surface area contributed by atoms with Gasteiger partial charge in [0.15, 0.2) is 11.6 Å². The molecular weight excluding hydrogens is 1790 g/mol. The third-order valence-electron chi connectivity index (χ3n) is 30.9. The molecular formula is C140H160F4O2. The van der Waals surface area contributed by atoms with Gasteiger partial charge in [0.05, 0.1) is 0 Å². The van der Waals surface area contributed by atoms with Gasteiger partial charge in [0.1, 0.15) is 0 Å². The second kappa shape index (κ2) is 50.6. The lowest BCUT2D eigenvalue weighted by atomic mass is 9.75. The molecule has 0 aromatic heterocycles. The largest absolute Gasteiger partial charge is 0.298 e. The Morgan fingerprint density at radius 3 is 0.740 bits per heavy atom. The van der Waals surface area contributed by atoms with Gasteiger partial charge in [-0.3, -0.25) is 9.59 Å². The lowest BCUT2D eigenvalue weighted by molar-refractivity contribution is 0.0417. The maximum atomic E-state index is 14.6. The first-order valence-electron chi connectivity index (χ1n) is 51.4. The summed E-state index contributed by atoms with van der Waals surface area (Å²) in [6, 6.07) is 97.0. The number of rotatable bonds is 16. The molecule has 0 aliphatic heterocycles. The average Bonchev–Trinajstić information content (AvgIpc) is 0.780. The van der Waals surface area contributed by atoms with Crippen LogP contribution in [0.25, 0.3) is 0 Å². The number of carbonyl (C=O) groups is 2. The summed E-state index contributed by atoms with van der Waals surface area (Å²) in [5.74, 6) is -5.69. The first-order chi connectivity index (χ1) is 68.4. The van der Waals surface area contributed by atoms with Crippen molar-refractivity contribution in [2.24, 2.45) is 0 Å². The predicted octanol–water partition coefficient (Wildman–Crippen LogP) is 37.9. The quantitative estimate of drug-likeness (QED) is 0.0714. The van der Waals surface area contributed by atoms with Crippen molar-refractivity contribution >= 4 is 11.6 Å². The minimum absolute atomic E-state index is 0.0502. The molecule has 16 rings (SSSR count). The minimum Gasteiger partial charge on any atom is -0.289 e. The molecule has 0 saturated carbocycles. The zero-order chi connectivity index (χ0) is 108. The summed E-state index contributed by atoms with van der Waals surface area (Å²) in [6.07, 6.45) is 2.07. The summed E-state index contributed by atoms with van der Waals surface area (Å²) in [5, 5.41) is 0. The molecule has 0 saturated heterocycles. The van der Waals surface area contributed by atoms with Crippen LogP contribution in [-0.4, -0.2) is 11.6 Å². The number of aryl methyl sites for hydroxylation is 28. The Bertz CT molecular complexity index is 6900. The fourth-order valence-electron chi connectivity index (χ4n) is 17.5. The summed E-state index contributed by atoms with van der Waals surface area (Å²) in [5.41, 5.74) is 53.4. The van der Waals surface area contributed by atoms with Gasteiger partial charge < -0.3 is 0 Å². The minimum atomic E-state index is -2.95. The van der Waals surface area contributed by atoms with Crippen LogP contribution in [0.5, 0.6) is 0 Å². The molecule has 0 fully saturated rings. The third kappa shape index (κ3) is 29.9. The van der Waals surface area contributed by atoms with E-state index in [1.54, 1.807) is 49.4 Å². The summed E-state index contributed by atoms with van der Waals surface area (Å²) in [7, 11) is 0. The van der Waals surface area contributed by atoms with Crippen LogP contribution >= 0.6 is 0 Å². The fraction of sp³-hybridized carbons (Fsp3) is 0.300. The van der Waals surface area contributed by atoms with Crippen LogP contribution in [0.2, 0.25) is 0 Å². The molecule has 0 radical (unpaired) electrons. The van der Waals surface area contributed by atoms with Gasteiger partial charge >= 0.3 is 0 Å². The van der Waals surface area contributed by atoms with Crippen molar-refractivity contribution in [1.29, 1.82) is 0 Å². The summed E-state index contributed by atoms with van der Waals surface area (Å²) < 4.78 is 58.3. The summed E-state index contributed by atoms with van der Waals surface area (Å²) in [6.45, 7) is 75.4. The van der Waals surface area contributed by atoms with E-state index in [1.807, 2.05) is 162 Å². The van der Waals surface area contributed by atoms with Crippen molar-refractivity contribution in [3.05, 3.63) is 558 Å². The van der Waals surface area contributed by atoms with E-state index in [9.17, 15) is 27.2 Å². The maximum absolute atomic E-state index is 14.6. The highest BCUT2D eigenvalue weighted by molar-refractivity contribution is 6.10. The van der Waals surface area contributed by atoms with Crippen LogP contribution in [-0.2, 0) is 35.5 Å². The van der Waals surface area contributed by atoms with E-state index in [-0.39, 0.29) is 44.7 Å². The molecule has 0 N–H and O–H groups in total. The highest BCUT2D eigenvalue weighted by Crippen LogP contribution is 2.42. The Morgan fingerprint density at radius 1 is 0.185 bits per heavy atom.